The summed E-state index contributed by atoms with van der Waals surface area (Å²) < 4.78 is 6.84. The van der Waals surface area contributed by atoms with Crippen molar-refractivity contribution in [1.82, 2.24) is 5.32 Å². The lowest BCUT2D eigenvalue weighted by atomic mass is 10.0. The lowest BCUT2D eigenvalue weighted by Gasteiger charge is -2.31. The third kappa shape index (κ3) is 39.1. The maximum absolute atomic E-state index is 12.6. The second-order valence-electron chi connectivity index (χ2n) is 18.4. The molecule has 0 rings (SSSR count). The maximum Gasteiger partial charge on any atom is 0.220 e. The molecule has 0 aliphatic rings. The fourth-order valence-corrected chi connectivity index (χ4v) is 8.62. The number of rotatable bonds is 47. The van der Waals surface area contributed by atoms with Crippen molar-refractivity contribution in [2.24, 2.45) is 0 Å². The minimum absolute atomic E-state index is 0.104. The third-order valence-electron chi connectivity index (χ3n) is 12.0. The number of carbonyl (C=O) groups excluding carboxylic acids is 1. The number of aliphatic hydroxyl groups excluding tert-OH is 2. The number of nitrogens with one attached hydrogen (secondary N) is 1. The van der Waals surface area contributed by atoms with Crippen molar-refractivity contribution in [3.8, 4) is 0 Å². The highest BCUT2D eigenvalue weighted by atomic mass is 32.2. The first-order chi connectivity index (χ1) is 27.3. The van der Waals surface area contributed by atoms with E-state index < -0.39 is 5.54 Å². The minimum Gasteiger partial charge on any atom is -0.394 e. The molecule has 1 amide bonds. The van der Waals surface area contributed by atoms with Crippen molar-refractivity contribution in [2.45, 2.75) is 257 Å². The lowest BCUT2D eigenvalue weighted by Crippen LogP contribution is -2.57. The molecule has 0 aromatic carbocycles. The Balaban J connectivity index is 3.70. The van der Waals surface area contributed by atoms with Crippen molar-refractivity contribution >= 4 is 17.9 Å². The molecule has 0 aromatic rings. The molecular formula is C49H101N2O4S+. The van der Waals surface area contributed by atoms with Gasteiger partial charge in [-0.25, -0.2) is 0 Å². The number of nitrogens with zero attached hydrogens (tertiary/aromatic N) is 1. The molecule has 0 heterocycles. The zero-order valence-electron chi connectivity index (χ0n) is 38.5. The predicted octanol–water partition coefficient (Wildman–Crippen LogP) is 14.0. The summed E-state index contributed by atoms with van der Waals surface area (Å²) in [5, 5.41) is 22.9. The summed E-state index contributed by atoms with van der Waals surface area (Å²) in [4.78, 5) is 12.6. The molecule has 0 aromatic heterocycles. The number of unbranched alkanes of at least 4 members (excludes halogenated alkanes) is 33. The van der Waals surface area contributed by atoms with Crippen molar-refractivity contribution in [3.05, 3.63) is 0 Å². The summed E-state index contributed by atoms with van der Waals surface area (Å²) in [6.07, 6.45) is 49.3. The van der Waals surface area contributed by atoms with E-state index in [9.17, 15) is 15.0 Å². The second kappa shape index (κ2) is 42.8. The molecule has 336 valence electrons. The Morgan fingerprint density at radius 2 is 0.786 bits per heavy atom. The summed E-state index contributed by atoms with van der Waals surface area (Å²) in [7, 11) is 4.66. The van der Waals surface area contributed by atoms with Gasteiger partial charge >= 0.3 is 0 Å². The molecule has 0 saturated carbocycles. The van der Waals surface area contributed by atoms with E-state index in [1.807, 2.05) is 0 Å². The predicted molar refractivity (Wildman–Crippen MR) is 247 cm³/mol. The van der Waals surface area contributed by atoms with Gasteiger partial charge in [0.2, 0.25) is 5.91 Å². The van der Waals surface area contributed by atoms with Crippen LogP contribution < -0.4 is 5.32 Å². The fraction of sp³-hybridized carbons (Fsp3) is 0.980. The quantitative estimate of drug-likeness (QED) is 0.0324. The Bertz CT molecular complexity index is 794. The largest absolute Gasteiger partial charge is 0.394 e. The summed E-state index contributed by atoms with van der Waals surface area (Å²) in [5.74, 6) is 0.751. The Hall–Kier alpha value is -0.340. The number of hydrogen-bond donors (Lipinski definition) is 3. The second-order valence-corrected chi connectivity index (χ2v) is 19.3. The zero-order chi connectivity index (χ0) is 41.1. The van der Waals surface area contributed by atoms with Crippen molar-refractivity contribution in [2.75, 3.05) is 52.8 Å². The van der Waals surface area contributed by atoms with Gasteiger partial charge < -0.3 is 24.2 Å². The van der Waals surface area contributed by atoms with Crippen LogP contribution in [0.1, 0.15) is 251 Å². The van der Waals surface area contributed by atoms with Crippen LogP contribution in [0.3, 0.4) is 0 Å². The Morgan fingerprint density at radius 3 is 1.12 bits per heavy atom. The number of carbonyl (C=O) groups is 1. The number of amides is 1. The first-order valence-electron chi connectivity index (χ1n) is 24.9. The molecule has 3 N–H and O–H groups in total. The highest BCUT2D eigenvalue weighted by molar-refractivity contribution is 7.94. The standard InChI is InChI=1S/C49H100N2O4S/c1-5-7-9-11-13-15-17-19-21-22-23-24-25-27-29-31-33-35-37-39-42-51(3,4)43-40-44-56-55-47-49(45-52,46-53)50-48(54)41-38-36-34-32-30-28-26-20-18-16-14-12-10-8-6-2/h52-53H,5-47H2,1-4H3/p+1. The van der Waals surface area contributed by atoms with Crippen LogP contribution in [-0.4, -0.2) is 78.9 Å². The molecule has 56 heavy (non-hydrogen) atoms. The van der Waals surface area contributed by atoms with Crippen LogP contribution in [0.4, 0.5) is 0 Å². The van der Waals surface area contributed by atoms with Crippen LogP contribution >= 0.6 is 12.0 Å². The van der Waals surface area contributed by atoms with E-state index in [1.165, 1.54) is 230 Å². The first kappa shape index (κ1) is 55.7. The molecule has 0 atom stereocenters. The summed E-state index contributed by atoms with van der Waals surface area (Å²) >= 11 is 1.39. The molecule has 0 aliphatic carbocycles. The highest BCUT2D eigenvalue weighted by Crippen LogP contribution is 2.18. The van der Waals surface area contributed by atoms with Gasteiger partial charge in [-0.3, -0.25) is 4.79 Å². The third-order valence-corrected chi connectivity index (χ3v) is 12.8. The number of hydrogen-bond acceptors (Lipinski definition) is 5. The Morgan fingerprint density at radius 1 is 0.482 bits per heavy atom. The van der Waals surface area contributed by atoms with E-state index in [1.54, 1.807) is 0 Å². The van der Waals surface area contributed by atoms with Crippen molar-refractivity contribution in [1.29, 1.82) is 0 Å². The molecular weight excluding hydrogens is 713 g/mol. The van der Waals surface area contributed by atoms with Gasteiger partial charge in [0.05, 0.1) is 47.0 Å². The van der Waals surface area contributed by atoms with Crippen LogP contribution in [0.2, 0.25) is 0 Å². The monoisotopic (exact) mass is 814 g/mol. The van der Waals surface area contributed by atoms with Crippen molar-refractivity contribution in [3.63, 3.8) is 0 Å². The van der Waals surface area contributed by atoms with Gasteiger partial charge in [-0.05, 0) is 31.3 Å². The van der Waals surface area contributed by atoms with E-state index in [0.29, 0.717) is 6.42 Å². The van der Waals surface area contributed by atoms with Gasteiger partial charge in [0.25, 0.3) is 0 Å². The number of aliphatic hydroxyl groups is 2. The average molecular weight is 814 g/mol. The van der Waals surface area contributed by atoms with Crippen LogP contribution in [0.25, 0.3) is 0 Å². The van der Waals surface area contributed by atoms with Gasteiger partial charge in [-0.2, -0.15) is 0 Å². The molecule has 0 saturated heterocycles. The lowest BCUT2D eigenvalue weighted by molar-refractivity contribution is -0.890. The summed E-state index contributed by atoms with van der Waals surface area (Å²) in [6, 6.07) is 0. The molecule has 6 nitrogen and oxygen atoms in total. The maximum atomic E-state index is 12.6. The molecule has 0 bridgehead atoms. The van der Waals surface area contributed by atoms with E-state index in [0.717, 1.165) is 36.0 Å². The van der Waals surface area contributed by atoms with Crippen LogP contribution in [0.5, 0.6) is 0 Å². The van der Waals surface area contributed by atoms with Crippen molar-refractivity contribution < 1.29 is 23.7 Å². The molecule has 0 fully saturated rings. The van der Waals surface area contributed by atoms with E-state index >= 15 is 0 Å². The normalized spacial score (nSPS) is 12.2. The van der Waals surface area contributed by atoms with E-state index in [2.05, 4.69) is 33.3 Å². The van der Waals surface area contributed by atoms with Crippen LogP contribution in [-0.2, 0) is 8.98 Å². The molecule has 0 spiro atoms. The highest BCUT2D eigenvalue weighted by Gasteiger charge is 2.31. The van der Waals surface area contributed by atoms with E-state index in [4.69, 9.17) is 4.18 Å². The van der Waals surface area contributed by atoms with Gasteiger partial charge in [-0.1, -0.05) is 219 Å². The van der Waals surface area contributed by atoms with Gasteiger partial charge in [0.15, 0.2) is 0 Å². The smallest absolute Gasteiger partial charge is 0.220 e. The molecule has 7 heteroatoms. The Labute approximate surface area is 355 Å². The average Bonchev–Trinajstić information content (AvgIpc) is 3.19. The minimum atomic E-state index is -1.12. The molecule has 0 unspecified atom stereocenters. The number of quaternary nitrogens is 1. The summed E-state index contributed by atoms with van der Waals surface area (Å²) in [6.45, 7) is 6.33. The van der Waals surface area contributed by atoms with Gasteiger partial charge in [-0.15, -0.1) is 0 Å². The summed E-state index contributed by atoms with van der Waals surface area (Å²) in [5.41, 5.74) is -1.12. The van der Waals surface area contributed by atoms with Crippen LogP contribution in [0.15, 0.2) is 0 Å². The molecule has 0 aliphatic heterocycles. The first-order valence-corrected chi connectivity index (χ1v) is 25.8. The van der Waals surface area contributed by atoms with Crippen LogP contribution in [0, 0.1) is 0 Å². The SMILES string of the molecule is CCCCCCCCCCCCCCCCCCCCCC[N+](C)(C)CCCSOCC(CO)(CO)NC(=O)CCCCCCCCCCCCCCCCC. The van der Waals surface area contributed by atoms with Gasteiger partial charge in [0.1, 0.15) is 5.54 Å². The Kier molecular flexibility index (Phi) is 42.5. The zero-order valence-corrected chi connectivity index (χ0v) is 39.3. The molecule has 0 radical (unpaired) electrons. The topological polar surface area (TPSA) is 78.8 Å². The van der Waals surface area contributed by atoms with E-state index in [-0.39, 0.29) is 25.7 Å². The van der Waals surface area contributed by atoms with Gasteiger partial charge in [0, 0.05) is 18.6 Å². The fourth-order valence-electron chi connectivity index (χ4n) is 7.94.